The number of carbonyl (C=O) groups is 2. The van der Waals surface area contributed by atoms with Gasteiger partial charge < -0.3 is 14.6 Å². The van der Waals surface area contributed by atoms with Gasteiger partial charge in [0.2, 0.25) is 11.8 Å². The van der Waals surface area contributed by atoms with Crippen molar-refractivity contribution in [3.63, 3.8) is 0 Å². The van der Waals surface area contributed by atoms with Gasteiger partial charge in [-0.2, -0.15) is 0 Å². The molecule has 22 heavy (non-hydrogen) atoms. The van der Waals surface area contributed by atoms with Crippen LogP contribution in [0.2, 0.25) is 0 Å². The summed E-state index contributed by atoms with van der Waals surface area (Å²) in [5.41, 5.74) is 0.938. The maximum atomic E-state index is 12.2. The van der Waals surface area contributed by atoms with Crippen LogP contribution in [0.4, 0.5) is 0 Å². The van der Waals surface area contributed by atoms with Crippen LogP contribution >= 0.6 is 0 Å². The summed E-state index contributed by atoms with van der Waals surface area (Å²) in [7, 11) is 0. The SMILES string of the molecule is O=C(NCc1cccnc1)[C@@H]1CC(=O)N(Cc2ccco2)C1. The van der Waals surface area contributed by atoms with Crippen LogP contribution in [0.25, 0.3) is 0 Å². The Kier molecular flexibility index (Phi) is 4.18. The van der Waals surface area contributed by atoms with Crippen molar-refractivity contribution in [1.82, 2.24) is 15.2 Å². The number of carbonyl (C=O) groups excluding carboxylic acids is 2. The Balaban J connectivity index is 1.52. The molecule has 2 amide bonds. The largest absolute Gasteiger partial charge is 0.467 e. The molecule has 1 aliphatic heterocycles. The highest BCUT2D eigenvalue weighted by atomic mass is 16.3. The van der Waals surface area contributed by atoms with Crippen molar-refractivity contribution in [3.05, 3.63) is 54.2 Å². The minimum Gasteiger partial charge on any atom is -0.467 e. The molecule has 114 valence electrons. The first-order valence-electron chi connectivity index (χ1n) is 7.19. The van der Waals surface area contributed by atoms with Gasteiger partial charge in [0.15, 0.2) is 0 Å². The van der Waals surface area contributed by atoms with Crippen LogP contribution in [0.5, 0.6) is 0 Å². The highest BCUT2D eigenvalue weighted by Gasteiger charge is 2.34. The third kappa shape index (κ3) is 3.33. The Morgan fingerprint density at radius 2 is 2.32 bits per heavy atom. The molecule has 1 N–H and O–H groups in total. The van der Waals surface area contributed by atoms with Crippen molar-refractivity contribution in [2.24, 2.45) is 5.92 Å². The molecule has 0 aliphatic carbocycles. The predicted octanol–water partition coefficient (Wildman–Crippen LogP) is 1.34. The number of pyridine rings is 1. The van der Waals surface area contributed by atoms with Gasteiger partial charge in [-0.3, -0.25) is 14.6 Å². The summed E-state index contributed by atoms with van der Waals surface area (Å²) in [5.74, 6) is 0.306. The van der Waals surface area contributed by atoms with Crippen LogP contribution < -0.4 is 5.32 Å². The van der Waals surface area contributed by atoms with Gasteiger partial charge in [0, 0.05) is 31.9 Å². The zero-order valence-electron chi connectivity index (χ0n) is 12.1. The number of likely N-dealkylation sites (tertiary alicyclic amines) is 1. The van der Waals surface area contributed by atoms with E-state index in [1.165, 1.54) is 0 Å². The number of amides is 2. The summed E-state index contributed by atoms with van der Waals surface area (Å²) in [5, 5.41) is 2.86. The first-order valence-corrected chi connectivity index (χ1v) is 7.19. The summed E-state index contributed by atoms with van der Waals surface area (Å²) < 4.78 is 5.24. The van der Waals surface area contributed by atoms with Crippen molar-refractivity contribution in [3.8, 4) is 0 Å². The smallest absolute Gasteiger partial charge is 0.225 e. The van der Waals surface area contributed by atoms with E-state index in [2.05, 4.69) is 10.3 Å². The summed E-state index contributed by atoms with van der Waals surface area (Å²) >= 11 is 0. The highest BCUT2D eigenvalue weighted by Crippen LogP contribution is 2.20. The average Bonchev–Trinajstić information content (AvgIpc) is 3.17. The zero-order chi connectivity index (χ0) is 15.4. The van der Waals surface area contributed by atoms with Crippen molar-refractivity contribution >= 4 is 11.8 Å². The zero-order valence-corrected chi connectivity index (χ0v) is 12.1. The van der Waals surface area contributed by atoms with E-state index in [1.807, 2.05) is 18.2 Å². The molecule has 1 saturated heterocycles. The van der Waals surface area contributed by atoms with E-state index in [4.69, 9.17) is 4.42 Å². The molecular formula is C16H17N3O3. The second kappa shape index (κ2) is 6.43. The summed E-state index contributed by atoms with van der Waals surface area (Å²) in [6.45, 7) is 1.27. The van der Waals surface area contributed by atoms with Crippen molar-refractivity contribution in [2.45, 2.75) is 19.5 Å². The lowest BCUT2D eigenvalue weighted by atomic mass is 10.1. The number of hydrogen-bond donors (Lipinski definition) is 1. The van der Waals surface area contributed by atoms with E-state index in [9.17, 15) is 9.59 Å². The molecular weight excluding hydrogens is 282 g/mol. The molecule has 2 aromatic rings. The van der Waals surface area contributed by atoms with Crippen molar-refractivity contribution in [2.75, 3.05) is 6.54 Å². The van der Waals surface area contributed by atoms with Gasteiger partial charge in [-0.25, -0.2) is 0 Å². The number of rotatable bonds is 5. The van der Waals surface area contributed by atoms with Crippen LogP contribution in [0.3, 0.4) is 0 Å². The second-order valence-corrected chi connectivity index (χ2v) is 5.33. The molecule has 0 bridgehead atoms. The number of nitrogens with one attached hydrogen (secondary N) is 1. The van der Waals surface area contributed by atoms with E-state index in [0.29, 0.717) is 19.6 Å². The van der Waals surface area contributed by atoms with Crippen molar-refractivity contribution in [1.29, 1.82) is 0 Å². The summed E-state index contributed by atoms with van der Waals surface area (Å²) in [6, 6.07) is 7.33. The van der Waals surface area contributed by atoms with Gasteiger partial charge in [-0.05, 0) is 23.8 Å². The first kappa shape index (κ1) is 14.3. The quantitative estimate of drug-likeness (QED) is 0.904. The molecule has 0 unspecified atom stereocenters. The predicted molar refractivity (Wildman–Crippen MR) is 78.3 cm³/mol. The molecule has 1 aliphatic rings. The number of nitrogens with zero attached hydrogens (tertiary/aromatic N) is 2. The fourth-order valence-corrected chi connectivity index (χ4v) is 2.53. The molecule has 1 fully saturated rings. The van der Waals surface area contributed by atoms with Crippen LogP contribution in [0.1, 0.15) is 17.7 Å². The third-order valence-electron chi connectivity index (χ3n) is 3.70. The van der Waals surface area contributed by atoms with Gasteiger partial charge in [-0.15, -0.1) is 0 Å². The van der Waals surface area contributed by atoms with E-state index in [-0.39, 0.29) is 24.2 Å². The number of aromatic nitrogens is 1. The molecule has 3 heterocycles. The molecule has 3 rings (SSSR count). The standard InChI is InChI=1S/C16H17N3O3/c20-15-7-13(10-19(15)11-14-4-2-6-22-14)16(21)18-9-12-3-1-5-17-8-12/h1-6,8,13H,7,9-11H2,(H,18,21)/t13-/m1/s1. The normalized spacial score (nSPS) is 17.7. The molecule has 1 atom stereocenters. The van der Waals surface area contributed by atoms with Crippen LogP contribution in [0, 0.1) is 5.92 Å². The Morgan fingerprint density at radius 1 is 1.41 bits per heavy atom. The van der Waals surface area contributed by atoms with Crippen LogP contribution in [0.15, 0.2) is 47.3 Å². The maximum Gasteiger partial charge on any atom is 0.225 e. The van der Waals surface area contributed by atoms with E-state index in [0.717, 1.165) is 11.3 Å². The molecule has 2 aromatic heterocycles. The highest BCUT2D eigenvalue weighted by molar-refractivity contribution is 5.89. The monoisotopic (exact) mass is 299 g/mol. The summed E-state index contributed by atoms with van der Waals surface area (Å²) in [6.07, 6.45) is 5.23. The Labute approximate surface area is 128 Å². The fourth-order valence-electron chi connectivity index (χ4n) is 2.53. The van der Waals surface area contributed by atoms with Gasteiger partial charge in [-0.1, -0.05) is 6.07 Å². The maximum absolute atomic E-state index is 12.2. The topological polar surface area (TPSA) is 75.4 Å². The molecule has 0 radical (unpaired) electrons. The Morgan fingerprint density at radius 3 is 3.05 bits per heavy atom. The van der Waals surface area contributed by atoms with Crippen molar-refractivity contribution < 1.29 is 14.0 Å². The van der Waals surface area contributed by atoms with Gasteiger partial charge in [0.05, 0.1) is 18.7 Å². The lowest BCUT2D eigenvalue weighted by Gasteiger charge is -2.15. The molecule has 0 spiro atoms. The fraction of sp³-hybridized carbons (Fsp3) is 0.312. The van der Waals surface area contributed by atoms with E-state index < -0.39 is 0 Å². The second-order valence-electron chi connectivity index (χ2n) is 5.33. The van der Waals surface area contributed by atoms with E-state index in [1.54, 1.807) is 29.6 Å². The Hall–Kier alpha value is -2.63. The van der Waals surface area contributed by atoms with Gasteiger partial charge in [0.1, 0.15) is 5.76 Å². The molecule has 6 nitrogen and oxygen atoms in total. The number of furan rings is 1. The molecule has 6 heteroatoms. The molecule has 0 saturated carbocycles. The number of hydrogen-bond acceptors (Lipinski definition) is 4. The molecule has 0 aromatic carbocycles. The minimum atomic E-state index is -0.306. The van der Waals surface area contributed by atoms with Crippen LogP contribution in [-0.2, 0) is 22.7 Å². The summed E-state index contributed by atoms with van der Waals surface area (Å²) in [4.78, 5) is 29.8. The van der Waals surface area contributed by atoms with Gasteiger partial charge >= 0.3 is 0 Å². The van der Waals surface area contributed by atoms with E-state index >= 15 is 0 Å². The Bertz CT molecular complexity index is 640. The lowest BCUT2D eigenvalue weighted by molar-refractivity contribution is -0.129. The average molecular weight is 299 g/mol. The first-order chi connectivity index (χ1) is 10.7. The third-order valence-corrected chi connectivity index (χ3v) is 3.70. The van der Waals surface area contributed by atoms with Gasteiger partial charge in [0.25, 0.3) is 0 Å². The van der Waals surface area contributed by atoms with Crippen LogP contribution in [-0.4, -0.2) is 28.2 Å². The lowest BCUT2D eigenvalue weighted by Crippen LogP contribution is -2.32. The minimum absolute atomic E-state index is 0.0158.